The van der Waals surface area contributed by atoms with Crippen molar-refractivity contribution >= 4 is 17.3 Å². The molecule has 0 saturated carbocycles. The summed E-state index contributed by atoms with van der Waals surface area (Å²) < 4.78 is 20.5. The number of amides is 1. The van der Waals surface area contributed by atoms with Crippen LogP contribution in [0.4, 0.5) is 15.8 Å². The van der Waals surface area contributed by atoms with Gasteiger partial charge in [0.1, 0.15) is 23.4 Å². The molecule has 10 heteroatoms. The summed E-state index contributed by atoms with van der Waals surface area (Å²) in [4.78, 5) is 28.2. The number of hydrogen-bond donors (Lipinski definition) is 2. The van der Waals surface area contributed by atoms with Crippen molar-refractivity contribution in [2.75, 3.05) is 25.6 Å². The van der Waals surface area contributed by atoms with Crippen LogP contribution in [-0.2, 0) is 11.8 Å². The SMILES string of the molecule is COCCNc1ccc(C(=O)NC(c2cccc(F)c2)c2nccn2C)cc1[N+](=O)[O-]. The first-order chi connectivity index (χ1) is 14.9. The molecule has 1 heterocycles. The number of methoxy groups -OCH3 is 1. The second-order valence-electron chi connectivity index (χ2n) is 6.77. The van der Waals surface area contributed by atoms with Crippen LogP contribution in [0.25, 0.3) is 0 Å². The molecule has 0 radical (unpaired) electrons. The Hall–Kier alpha value is -3.79. The van der Waals surface area contributed by atoms with E-state index in [1.165, 1.54) is 43.5 Å². The number of nitro benzene ring substituents is 1. The molecule has 1 aromatic heterocycles. The first kappa shape index (κ1) is 21.9. The van der Waals surface area contributed by atoms with Gasteiger partial charge in [-0.15, -0.1) is 0 Å². The largest absolute Gasteiger partial charge is 0.383 e. The van der Waals surface area contributed by atoms with Gasteiger partial charge < -0.3 is 19.9 Å². The van der Waals surface area contributed by atoms with E-state index in [0.29, 0.717) is 24.5 Å². The summed E-state index contributed by atoms with van der Waals surface area (Å²) in [5.41, 5.74) is 0.641. The normalized spacial score (nSPS) is 11.7. The fourth-order valence-corrected chi connectivity index (χ4v) is 3.11. The van der Waals surface area contributed by atoms with Crippen LogP contribution in [-0.4, -0.2) is 40.6 Å². The molecule has 0 aliphatic carbocycles. The van der Waals surface area contributed by atoms with Gasteiger partial charge in [-0.25, -0.2) is 9.37 Å². The number of nitrogens with one attached hydrogen (secondary N) is 2. The van der Waals surface area contributed by atoms with Crippen LogP contribution >= 0.6 is 0 Å². The number of halogens is 1. The summed E-state index contributed by atoms with van der Waals surface area (Å²) >= 11 is 0. The predicted octanol–water partition coefficient (Wildman–Crippen LogP) is 3.05. The second-order valence-corrected chi connectivity index (χ2v) is 6.77. The molecular weight excluding hydrogens is 405 g/mol. The molecule has 0 aliphatic heterocycles. The summed E-state index contributed by atoms with van der Waals surface area (Å²) in [5.74, 6) is -0.511. The van der Waals surface area contributed by atoms with Crippen molar-refractivity contribution in [2.24, 2.45) is 7.05 Å². The third-order valence-corrected chi connectivity index (χ3v) is 4.65. The van der Waals surface area contributed by atoms with Crippen LogP contribution in [0.5, 0.6) is 0 Å². The van der Waals surface area contributed by atoms with E-state index in [1.54, 1.807) is 30.1 Å². The maximum Gasteiger partial charge on any atom is 0.293 e. The minimum absolute atomic E-state index is 0.0969. The van der Waals surface area contributed by atoms with Gasteiger partial charge in [-0.3, -0.25) is 14.9 Å². The molecule has 0 aliphatic rings. The summed E-state index contributed by atoms with van der Waals surface area (Å²) in [6, 6.07) is 9.24. The maximum absolute atomic E-state index is 13.8. The van der Waals surface area contributed by atoms with Gasteiger partial charge in [-0.05, 0) is 29.8 Å². The quantitative estimate of drug-likeness (QED) is 0.308. The lowest BCUT2D eigenvalue weighted by atomic mass is 10.0. The number of hydrogen-bond acceptors (Lipinski definition) is 6. The van der Waals surface area contributed by atoms with Gasteiger partial charge in [0.2, 0.25) is 0 Å². The fraction of sp³-hybridized carbons (Fsp3) is 0.238. The highest BCUT2D eigenvalue weighted by Crippen LogP contribution is 2.27. The second kappa shape index (κ2) is 9.81. The summed E-state index contributed by atoms with van der Waals surface area (Å²) in [6.45, 7) is 0.752. The van der Waals surface area contributed by atoms with Crippen molar-refractivity contribution in [1.82, 2.24) is 14.9 Å². The number of anilines is 1. The van der Waals surface area contributed by atoms with E-state index < -0.39 is 22.7 Å². The Bertz CT molecular complexity index is 1090. The average Bonchev–Trinajstić information content (AvgIpc) is 3.17. The van der Waals surface area contributed by atoms with Crippen LogP contribution in [0.1, 0.15) is 27.8 Å². The first-order valence-corrected chi connectivity index (χ1v) is 9.45. The number of ether oxygens (including phenoxy) is 1. The number of aromatic nitrogens is 2. The van der Waals surface area contributed by atoms with Crippen molar-refractivity contribution in [3.05, 3.63) is 87.7 Å². The minimum atomic E-state index is -0.748. The molecule has 162 valence electrons. The zero-order chi connectivity index (χ0) is 22.4. The molecule has 2 N–H and O–H groups in total. The molecule has 1 unspecified atom stereocenters. The van der Waals surface area contributed by atoms with Gasteiger partial charge >= 0.3 is 0 Å². The molecule has 0 spiro atoms. The monoisotopic (exact) mass is 427 g/mol. The Balaban J connectivity index is 1.90. The molecule has 3 aromatic rings. The van der Waals surface area contributed by atoms with Gasteiger partial charge in [-0.1, -0.05) is 12.1 Å². The third-order valence-electron chi connectivity index (χ3n) is 4.65. The zero-order valence-corrected chi connectivity index (χ0v) is 17.0. The Morgan fingerprint density at radius 3 is 2.77 bits per heavy atom. The molecule has 1 atom stereocenters. The molecule has 2 aromatic carbocycles. The van der Waals surface area contributed by atoms with E-state index in [4.69, 9.17) is 4.74 Å². The lowest BCUT2D eigenvalue weighted by Crippen LogP contribution is -2.31. The first-order valence-electron chi connectivity index (χ1n) is 9.45. The van der Waals surface area contributed by atoms with Crippen molar-refractivity contribution in [2.45, 2.75) is 6.04 Å². The van der Waals surface area contributed by atoms with E-state index in [1.807, 2.05) is 0 Å². The Morgan fingerprint density at radius 1 is 1.32 bits per heavy atom. The molecule has 3 rings (SSSR count). The number of benzene rings is 2. The lowest BCUT2D eigenvalue weighted by molar-refractivity contribution is -0.384. The molecule has 9 nitrogen and oxygen atoms in total. The Morgan fingerprint density at radius 2 is 2.13 bits per heavy atom. The number of nitrogens with zero attached hydrogens (tertiary/aromatic N) is 3. The summed E-state index contributed by atoms with van der Waals surface area (Å²) in [7, 11) is 3.28. The lowest BCUT2D eigenvalue weighted by Gasteiger charge is -2.19. The van der Waals surface area contributed by atoms with Crippen LogP contribution < -0.4 is 10.6 Å². The summed E-state index contributed by atoms with van der Waals surface area (Å²) in [5, 5.41) is 17.2. The summed E-state index contributed by atoms with van der Waals surface area (Å²) in [6.07, 6.45) is 3.28. The van der Waals surface area contributed by atoms with Crippen molar-refractivity contribution in [1.29, 1.82) is 0 Å². The van der Waals surface area contributed by atoms with Gasteiger partial charge in [0.15, 0.2) is 0 Å². The van der Waals surface area contributed by atoms with Gasteiger partial charge in [0.05, 0.1) is 11.5 Å². The Labute approximate surface area is 178 Å². The number of aryl methyl sites for hydroxylation is 1. The number of nitro groups is 1. The standard InChI is InChI=1S/C21H22FN5O4/c1-26-10-8-24-20(26)19(14-4-3-5-16(22)12-14)25-21(28)15-6-7-17(23-9-11-31-2)18(13-15)27(29)30/h3-8,10,12-13,19,23H,9,11H2,1-2H3,(H,25,28). The third kappa shape index (κ3) is 5.23. The van der Waals surface area contributed by atoms with E-state index in [-0.39, 0.29) is 16.9 Å². The van der Waals surface area contributed by atoms with E-state index in [0.717, 1.165) is 0 Å². The smallest absolute Gasteiger partial charge is 0.293 e. The molecule has 1 amide bonds. The van der Waals surface area contributed by atoms with E-state index >= 15 is 0 Å². The molecule has 0 fully saturated rings. The van der Waals surface area contributed by atoms with Crippen LogP contribution in [0, 0.1) is 15.9 Å². The van der Waals surface area contributed by atoms with Crippen molar-refractivity contribution in [3.63, 3.8) is 0 Å². The molecule has 0 bridgehead atoms. The maximum atomic E-state index is 13.8. The topological polar surface area (TPSA) is 111 Å². The van der Waals surface area contributed by atoms with E-state index in [9.17, 15) is 19.3 Å². The number of imidazole rings is 1. The zero-order valence-electron chi connectivity index (χ0n) is 17.0. The molecular formula is C21H22FN5O4. The number of rotatable bonds is 9. The van der Waals surface area contributed by atoms with Crippen LogP contribution in [0.3, 0.4) is 0 Å². The number of carbonyl (C=O) groups is 1. The number of carbonyl (C=O) groups excluding carboxylic acids is 1. The van der Waals surface area contributed by atoms with Gasteiger partial charge in [0.25, 0.3) is 11.6 Å². The van der Waals surface area contributed by atoms with E-state index in [2.05, 4.69) is 15.6 Å². The van der Waals surface area contributed by atoms with Crippen LogP contribution in [0.2, 0.25) is 0 Å². The predicted molar refractivity (Wildman–Crippen MR) is 112 cm³/mol. The Kier molecular flexibility index (Phi) is 6.93. The van der Waals surface area contributed by atoms with Gasteiger partial charge in [0, 0.05) is 44.7 Å². The molecule has 31 heavy (non-hydrogen) atoms. The molecule has 0 saturated heterocycles. The van der Waals surface area contributed by atoms with Crippen LogP contribution in [0.15, 0.2) is 54.9 Å². The minimum Gasteiger partial charge on any atom is -0.383 e. The van der Waals surface area contributed by atoms with Gasteiger partial charge in [-0.2, -0.15) is 0 Å². The highest BCUT2D eigenvalue weighted by Gasteiger charge is 2.24. The van der Waals surface area contributed by atoms with Crippen molar-refractivity contribution < 1.29 is 18.8 Å². The average molecular weight is 427 g/mol. The fourth-order valence-electron chi connectivity index (χ4n) is 3.11. The van der Waals surface area contributed by atoms with Crippen molar-refractivity contribution in [3.8, 4) is 0 Å². The highest BCUT2D eigenvalue weighted by molar-refractivity contribution is 5.96. The highest BCUT2D eigenvalue weighted by atomic mass is 19.1.